The molecule has 0 bridgehead atoms. The highest BCUT2D eigenvalue weighted by Gasteiger charge is 2.26. The molecule has 0 saturated carbocycles. The van der Waals surface area contributed by atoms with Crippen LogP contribution in [-0.4, -0.2) is 38.2 Å². The molecule has 5 nitrogen and oxygen atoms in total. The number of anilines is 1. The summed E-state index contributed by atoms with van der Waals surface area (Å²) in [5.74, 6) is -0.0141. The molecular formula is C19H23FN2O3S. The van der Waals surface area contributed by atoms with Gasteiger partial charge in [-0.3, -0.25) is 0 Å². The Kier molecular flexibility index (Phi) is 5.78. The Morgan fingerprint density at radius 2 is 2.00 bits per heavy atom. The lowest BCUT2D eigenvalue weighted by molar-refractivity contribution is 0.315. The number of benzene rings is 2. The smallest absolute Gasteiger partial charge is 0.214 e. The van der Waals surface area contributed by atoms with Gasteiger partial charge in [0.15, 0.2) is 11.6 Å². The molecule has 0 radical (unpaired) electrons. The molecule has 26 heavy (non-hydrogen) atoms. The topological polar surface area (TPSA) is 58.6 Å². The molecule has 2 aromatic carbocycles. The van der Waals surface area contributed by atoms with Gasteiger partial charge in [-0.2, -0.15) is 4.31 Å². The van der Waals surface area contributed by atoms with Gasteiger partial charge < -0.3 is 10.1 Å². The van der Waals surface area contributed by atoms with Crippen molar-refractivity contribution in [2.75, 3.05) is 30.8 Å². The van der Waals surface area contributed by atoms with E-state index in [9.17, 15) is 12.8 Å². The van der Waals surface area contributed by atoms with E-state index >= 15 is 0 Å². The second-order valence-corrected chi connectivity index (χ2v) is 8.39. The number of halogens is 1. The van der Waals surface area contributed by atoms with Gasteiger partial charge in [-0.1, -0.05) is 24.3 Å². The molecule has 0 fully saturated rings. The summed E-state index contributed by atoms with van der Waals surface area (Å²) in [6.45, 7) is 3.43. The average Bonchev–Trinajstić information content (AvgIpc) is 2.66. The van der Waals surface area contributed by atoms with Crippen LogP contribution in [0.3, 0.4) is 0 Å². The Morgan fingerprint density at radius 3 is 2.77 bits per heavy atom. The summed E-state index contributed by atoms with van der Waals surface area (Å²) in [6.07, 6.45) is 0.673. The number of hydrogen-bond acceptors (Lipinski definition) is 4. The van der Waals surface area contributed by atoms with Crippen LogP contribution in [0, 0.1) is 5.82 Å². The summed E-state index contributed by atoms with van der Waals surface area (Å²) in [5.41, 5.74) is 3.14. The van der Waals surface area contributed by atoms with Crippen LogP contribution in [0.1, 0.15) is 18.1 Å². The third kappa shape index (κ3) is 4.16. The second kappa shape index (κ2) is 8.05. The van der Waals surface area contributed by atoms with E-state index in [0.717, 1.165) is 16.8 Å². The summed E-state index contributed by atoms with van der Waals surface area (Å²) in [6, 6.07) is 12.2. The number of fused-ring (bicyclic) bond motifs is 1. The van der Waals surface area contributed by atoms with Gasteiger partial charge in [-0.05, 0) is 42.7 Å². The zero-order valence-electron chi connectivity index (χ0n) is 14.7. The van der Waals surface area contributed by atoms with E-state index in [1.54, 1.807) is 29.4 Å². The Hall–Kier alpha value is -2.12. The third-order valence-electron chi connectivity index (χ3n) is 4.50. The highest BCUT2D eigenvalue weighted by molar-refractivity contribution is 7.89. The quantitative estimate of drug-likeness (QED) is 0.753. The van der Waals surface area contributed by atoms with E-state index in [0.29, 0.717) is 32.7 Å². The van der Waals surface area contributed by atoms with Crippen molar-refractivity contribution in [2.24, 2.45) is 0 Å². The van der Waals surface area contributed by atoms with E-state index in [2.05, 4.69) is 5.32 Å². The Morgan fingerprint density at radius 1 is 1.19 bits per heavy atom. The van der Waals surface area contributed by atoms with Gasteiger partial charge in [-0.25, -0.2) is 12.8 Å². The number of nitrogens with one attached hydrogen (secondary N) is 1. The number of nitrogens with zero attached hydrogens (tertiary/aromatic N) is 1. The first-order valence-corrected chi connectivity index (χ1v) is 10.3. The molecule has 0 unspecified atom stereocenters. The maximum Gasteiger partial charge on any atom is 0.214 e. The molecule has 1 aliphatic heterocycles. The minimum atomic E-state index is -3.18. The molecule has 3 rings (SSSR count). The lowest BCUT2D eigenvalue weighted by Crippen LogP contribution is -2.37. The fourth-order valence-corrected chi connectivity index (χ4v) is 4.15. The summed E-state index contributed by atoms with van der Waals surface area (Å²) in [4.78, 5) is 0. The minimum Gasteiger partial charge on any atom is -0.489 e. The number of para-hydroxylation sites is 1. The molecule has 0 saturated heterocycles. The van der Waals surface area contributed by atoms with Gasteiger partial charge in [0, 0.05) is 25.3 Å². The van der Waals surface area contributed by atoms with Crippen LogP contribution >= 0.6 is 0 Å². The van der Waals surface area contributed by atoms with Crippen molar-refractivity contribution >= 4 is 15.7 Å². The molecule has 7 heteroatoms. The Bertz CT molecular complexity index is 871. The zero-order valence-corrected chi connectivity index (χ0v) is 15.6. The second-order valence-electron chi connectivity index (χ2n) is 6.13. The number of hydrogen-bond donors (Lipinski definition) is 1. The predicted molar refractivity (Wildman–Crippen MR) is 100 cm³/mol. The van der Waals surface area contributed by atoms with Crippen molar-refractivity contribution in [3.05, 3.63) is 59.4 Å². The van der Waals surface area contributed by atoms with Crippen LogP contribution < -0.4 is 10.1 Å². The zero-order chi connectivity index (χ0) is 18.6. The van der Waals surface area contributed by atoms with Crippen molar-refractivity contribution in [1.82, 2.24) is 4.31 Å². The highest BCUT2D eigenvalue weighted by Crippen LogP contribution is 2.27. The number of sulfonamides is 1. The standard InChI is InChI=1S/C19H23FN2O3S/c1-2-26(23,24)22-12-10-16-15(14-22)6-5-8-18(16)21-11-13-25-19-9-4-3-7-17(19)20/h3-9,21H,2,10-14H2,1H3. The Labute approximate surface area is 153 Å². The molecule has 140 valence electrons. The van der Waals surface area contributed by atoms with Crippen LogP contribution in [0.4, 0.5) is 10.1 Å². The lowest BCUT2D eigenvalue weighted by Gasteiger charge is -2.29. The maximum atomic E-state index is 13.5. The van der Waals surface area contributed by atoms with Crippen molar-refractivity contribution in [2.45, 2.75) is 19.9 Å². The highest BCUT2D eigenvalue weighted by atomic mass is 32.2. The third-order valence-corrected chi connectivity index (χ3v) is 6.33. The van der Waals surface area contributed by atoms with Gasteiger partial charge in [0.05, 0.1) is 5.75 Å². The van der Waals surface area contributed by atoms with E-state index in [4.69, 9.17) is 4.74 Å². The van der Waals surface area contributed by atoms with Crippen LogP contribution in [0.2, 0.25) is 0 Å². The fourth-order valence-electron chi connectivity index (χ4n) is 3.08. The maximum absolute atomic E-state index is 13.5. The minimum absolute atomic E-state index is 0.119. The molecule has 0 aromatic heterocycles. The van der Waals surface area contributed by atoms with Gasteiger partial charge >= 0.3 is 0 Å². The molecule has 1 aliphatic rings. The van der Waals surface area contributed by atoms with Crippen molar-refractivity contribution in [3.8, 4) is 5.75 Å². The summed E-state index contributed by atoms with van der Waals surface area (Å²) >= 11 is 0. The van der Waals surface area contributed by atoms with Gasteiger partial charge in [0.25, 0.3) is 0 Å². The van der Waals surface area contributed by atoms with Gasteiger partial charge in [0.2, 0.25) is 10.0 Å². The molecule has 0 spiro atoms. The molecule has 1 heterocycles. The number of ether oxygens (including phenoxy) is 1. The molecule has 0 atom stereocenters. The molecule has 2 aromatic rings. The monoisotopic (exact) mass is 378 g/mol. The molecule has 0 amide bonds. The first-order chi connectivity index (χ1) is 12.5. The normalized spacial score (nSPS) is 14.7. The summed E-state index contributed by atoms with van der Waals surface area (Å²) < 4.78 is 44.7. The SMILES string of the molecule is CCS(=O)(=O)N1CCc2c(cccc2NCCOc2ccccc2F)C1. The lowest BCUT2D eigenvalue weighted by atomic mass is 9.99. The molecule has 1 N–H and O–H groups in total. The largest absolute Gasteiger partial charge is 0.489 e. The van der Waals surface area contributed by atoms with Crippen LogP contribution in [0.25, 0.3) is 0 Å². The van der Waals surface area contributed by atoms with Gasteiger partial charge in [-0.15, -0.1) is 0 Å². The molecule has 0 aliphatic carbocycles. The molecular weight excluding hydrogens is 355 g/mol. The van der Waals surface area contributed by atoms with Crippen molar-refractivity contribution in [3.63, 3.8) is 0 Å². The van der Waals surface area contributed by atoms with Crippen LogP contribution in [-0.2, 0) is 23.0 Å². The average molecular weight is 378 g/mol. The number of rotatable bonds is 7. The van der Waals surface area contributed by atoms with E-state index in [1.165, 1.54) is 6.07 Å². The first-order valence-electron chi connectivity index (χ1n) is 8.71. The predicted octanol–water partition coefficient (Wildman–Crippen LogP) is 3.02. The van der Waals surface area contributed by atoms with Gasteiger partial charge in [0.1, 0.15) is 6.61 Å². The summed E-state index contributed by atoms with van der Waals surface area (Å²) in [7, 11) is -3.18. The van der Waals surface area contributed by atoms with Crippen LogP contribution in [0.15, 0.2) is 42.5 Å². The first kappa shape index (κ1) is 18.7. The van der Waals surface area contributed by atoms with Crippen molar-refractivity contribution < 1.29 is 17.5 Å². The summed E-state index contributed by atoms with van der Waals surface area (Å²) in [5, 5.41) is 3.31. The Balaban J connectivity index is 1.61. The van der Waals surface area contributed by atoms with E-state index in [-0.39, 0.29) is 17.3 Å². The van der Waals surface area contributed by atoms with Crippen LogP contribution in [0.5, 0.6) is 5.75 Å². The van der Waals surface area contributed by atoms with E-state index in [1.807, 2.05) is 18.2 Å². The van der Waals surface area contributed by atoms with E-state index < -0.39 is 10.0 Å². The fraction of sp³-hybridized carbons (Fsp3) is 0.368. The van der Waals surface area contributed by atoms with Crippen molar-refractivity contribution in [1.29, 1.82) is 0 Å².